The fourth-order valence-electron chi connectivity index (χ4n) is 1.37. The molecule has 0 unspecified atom stereocenters. The number of hydrogen-bond acceptors (Lipinski definition) is 2. The minimum Gasteiger partial charge on any atom is -0.330 e. The molecule has 0 saturated heterocycles. The van der Waals surface area contributed by atoms with E-state index in [9.17, 15) is 0 Å². The molecule has 1 heterocycles. The average molecular weight is 154 g/mol. The maximum absolute atomic E-state index is 5.44. The molecule has 2 N–H and O–H groups in total. The Morgan fingerprint density at radius 1 is 1.64 bits per heavy atom. The van der Waals surface area contributed by atoms with E-state index in [0.29, 0.717) is 0 Å². The second kappa shape index (κ2) is 4.52. The second-order valence-corrected chi connectivity index (χ2v) is 3.27. The highest BCUT2D eigenvalue weighted by Gasteiger charge is 2.06. The third-order valence-electron chi connectivity index (χ3n) is 2.21. The Kier molecular flexibility index (Phi) is 3.60. The Labute approximate surface area is 69.1 Å². The normalized spacial score (nSPS) is 20.0. The van der Waals surface area contributed by atoms with Crippen LogP contribution in [0.25, 0.3) is 0 Å². The Morgan fingerprint density at radius 3 is 3.00 bits per heavy atom. The van der Waals surface area contributed by atoms with Crippen molar-refractivity contribution in [3.63, 3.8) is 0 Å². The van der Waals surface area contributed by atoms with E-state index in [0.717, 1.165) is 19.5 Å². The maximum atomic E-state index is 5.44. The largest absolute Gasteiger partial charge is 0.330 e. The predicted octanol–water partition coefficient (Wildman–Crippen LogP) is 0.987. The molecule has 0 aromatic carbocycles. The summed E-state index contributed by atoms with van der Waals surface area (Å²) in [5.41, 5.74) is 7.04. The van der Waals surface area contributed by atoms with Crippen LogP contribution in [0.15, 0.2) is 11.6 Å². The molecule has 1 aliphatic heterocycles. The van der Waals surface area contributed by atoms with Crippen LogP contribution >= 0.6 is 0 Å². The lowest BCUT2D eigenvalue weighted by atomic mass is 10.0. The van der Waals surface area contributed by atoms with E-state index in [4.69, 9.17) is 5.73 Å². The zero-order valence-electron chi connectivity index (χ0n) is 7.34. The molecule has 0 bridgehead atoms. The van der Waals surface area contributed by atoms with Gasteiger partial charge >= 0.3 is 0 Å². The van der Waals surface area contributed by atoms with Crippen molar-refractivity contribution in [1.82, 2.24) is 4.90 Å². The smallest absolute Gasteiger partial charge is 0.0162 e. The highest BCUT2D eigenvalue weighted by atomic mass is 15.1. The summed E-state index contributed by atoms with van der Waals surface area (Å²) in [6.07, 6.45) is 5.95. The van der Waals surface area contributed by atoms with Crippen molar-refractivity contribution in [2.24, 2.45) is 5.73 Å². The Bertz CT molecular complexity index is 140. The quantitative estimate of drug-likeness (QED) is 0.614. The standard InChI is InChI=1S/C9H18N2/c1-11-7-4-9(5-8-11)3-2-6-10/h4H,2-3,5-8,10H2,1H3. The summed E-state index contributed by atoms with van der Waals surface area (Å²) in [7, 11) is 2.16. The number of nitrogens with two attached hydrogens (primary N) is 1. The predicted molar refractivity (Wildman–Crippen MR) is 48.5 cm³/mol. The molecule has 1 aliphatic rings. The molecular weight excluding hydrogens is 136 g/mol. The molecule has 0 aromatic heterocycles. The maximum Gasteiger partial charge on any atom is 0.0162 e. The summed E-state index contributed by atoms with van der Waals surface area (Å²) >= 11 is 0. The van der Waals surface area contributed by atoms with E-state index >= 15 is 0 Å². The van der Waals surface area contributed by atoms with Crippen LogP contribution in [0, 0.1) is 0 Å². The van der Waals surface area contributed by atoms with Gasteiger partial charge in [-0.1, -0.05) is 11.6 Å². The van der Waals surface area contributed by atoms with E-state index in [1.807, 2.05) is 0 Å². The number of nitrogens with zero attached hydrogens (tertiary/aromatic N) is 1. The van der Waals surface area contributed by atoms with Crippen LogP contribution in [0.5, 0.6) is 0 Å². The van der Waals surface area contributed by atoms with Crippen LogP contribution in [-0.4, -0.2) is 31.6 Å². The minimum absolute atomic E-state index is 0.827. The average Bonchev–Trinajstić information content (AvgIpc) is 2.04. The monoisotopic (exact) mass is 154 g/mol. The van der Waals surface area contributed by atoms with Gasteiger partial charge in [-0.2, -0.15) is 0 Å². The molecule has 2 nitrogen and oxygen atoms in total. The third kappa shape index (κ3) is 3.04. The van der Waals surface area contributed by atoms with Crippen molar-refractivity contribution < 1.29 is 0 Å². The lowest BCUT2D eigenvalue weighted by Gasteiger charge is -2.21. The van der Waals surface area contributed by atoms with Crippen molar-refractivity contribution in [1.29, 1.82) is 0 Å². The van der Waals surface area contributed by atoms with E-state index in [2.05, 4.69) is 18.0 Å². The summed E-state index contributed by atoms with van der Waals surface area (Å²) in [6, 6.07) is 0. The Balaban J connectivity index is 2.24. The highest BCUT2D eigenvalue weighted by Crippen LogP contribution is 2.13. The second-order valence-electron chi connectivity index (χ2n) is 3.27. The first-order valence-corrected chi connectivity index (χ1v) is 4.39. The summed E-state index contributed by atoms with van der Waals surface area (Å²) in [4.78, 5) is 2.34. The Hall–Kier alpha value is -0.340. The Morgan fingerprint density at radius 2 is 2.45 bits per heavy atom. The summed E-state index contributed by atoms with van der Waals surface area (Å²) in [5.74, 6) is 0. The van der Waals surface area contributed by atoms with Gasteiger partial charge in [0.05, 0.1) is 0 Å². The van der Waals surface area contributed by atoms with Gasteiger partial charge in [0.15, 0.2) is 0 Å². The highest BCUT2D eigenvalue weighted by molar-refractivity contribution is 5.06. The van der Waals surface area contributed by atoms with Crippen molar-refractivity contribution in [2.45, 2.75) is 19.3 Å². The fourth-order valence-corrected chi connectivity index (χ4v) is 1.37. The minimum atomic E-state index is 0.827. The molecule has 0 atom stereocenters. The van der Waals surface area contributed by atoms with Crippen LogP contribution in [-0.2, 0) is 0 Å². The topological polar surface area (TPSA) is 29.3 Å². The van der Waals surface area contributed by atoms with Crippen molar-refractivity contribution in [3.8, 4) is 0 Å². The zero-order valence-corrected chi connectivity index (χ0v) is 7.34. The van der Waals surface area contributed by atoms with Crippen LogP contribution in [0.4, 0.5) is 0 Å². The van der Waals surface area contributed by atoms with Gasteiger partial charge in [0.2, 0.25) is 0 Å². The van der Waals surface area contributed by atoms with Crippen molar-refractivity contribution >= 4 is 0 Å². The molecule has 0 aromatic rings. The molecule has 11 heavy (non-hydrogen) atoms. The van der Waals surface area contributed by atoms with E-state index < -0.39 is 0 Å². The van der Waals surface area contributed by atoms with Gasteiger partial charge < -0.3 is 10.6 Å². The van der Waals surface area contributed by atoms with Gasteiger partial charge in [-0.25, -0.2) is 0 Å². The van der Waals surface area contributed by atoms with Crippen molar-refractivity contribution in [2.75, 3.05) is 26.7 Å². The fraction of sp³-hybridized carbons (Fsp3) is 0.778. The molecule has 0 amide bonds. The summed E-state index contributed by atoms with van der Waals surface area (Å²) < 4.78 is 0. The molecule has 0 saturated carbocycles. The first-order valence-electron chi connectivity index (χ1n) is 4.39. The summed E-state index contributed by atoms with van der Waals surface area (Å²) in [6.45, 7) is 3.17. The number of rotatable bonds is 3. The zero-order chi connectivity index (χ0) is 8.10. The third-order valence-corrected chi connectivity index (χ3v) is 2.21. The summed E-state index contributed by atoms with van der Waals surface area (Å²) in [5, 5.41) is 0. The molecule has 0 aliphatic carbocycles. The van der Waals surface area contributed by atoms with Crippen LogP contribution in [0.2, 0.25) is 0 Å². The molecular formula is C9H18N2. The molecule has 0 spiro atoms. The van der Waals surface area contributed by atoms with Crippen LogP contribution < -0.4 is 5.73 Å². The van der Waals surface area contributed by atoms with E-state index in [-0.39, 0.29) is 0 Å². The van der Waals surface area contributed by atoms with Gasteiger partial charge in [-0.15, -0.1) is 0 Å². The van der Waals surface area contributed by atoms with Gasteiger partial charge in [0.1, 0.15) is 0 Å². The molecule has 2 heteroatoms. The number of hydrogen-bond donors (Lipinski definition) is 1. The van der Waals surface area contributed by atoms with Crippen LogP contribution in [0.3, 0.4) is 0 Å². The number of likely N-dealkylation sites (N-methyl/N-ethyl adjacent to an activating group) is 1. The van der Waals surface area contributed by atoms with Gasteiger partial charge in [0.25, 0.3) is 0 Å². The first-order chi connectivity index (χ1) is 5.33. The van der Waals surface area contributed by atoms with Crippen molar-refractivity contribution in [3.05, 3.63) is 11.6 Å². The lowest BCUT2D eigenvalue weighted by molar-refractivity contribution is 0.356. The lowest BCUT2D eigenvalue weighted by Crippen LogP contribution is -2.24. The molecule has 0 radical (unpaired) electrons. The first kappa shape index (κ1) is 8.75. The van der Waals surface area contributed by atoms with Gasteiger partial charge in [-0.3, -0.25) is 0 Å². The van der Waals surface area contributed by atoms with E-state index in [1.165, 1.54) is 19.4 Å². The van der Waals surface area contributed by atoms with Crippen LogP contribution in [0.1, 0.15) is 19.3 Å². The molecule has 1 rings (SSSR count). The molecule has 0 fully saturated rings. The van der Waals surface area contributed by atoms with Gasteiger partial charge in [-0.05, 0) is 32.9 Å². The SMILES string of the molecule is CN1CC=C(CCCN)CC1. The molecule has 64 valence electrons. The van der Waals surface area contributed by atoms with Gasteiger partial charge in [0, 0.05) is 13.1 Å². The van der Waals surface area contributed by atoms with E-state index in [1.54, 1.807) is 5.57 Å².